The molecule has 15 heavy (non-hydrogen) atoms. The molecule has 0 aromatic heterocycles. The summed E-state index contributed by atoms with van der Waals surface area (Å²) in [7, 11) is -2.86. The largest absolute Gasteiger partial charge is 0.330 e. The van der Waals surface area contributed by atoms with E-state index in [0.717, 1.165) is 13.1 Å². The topological polar surface area (TPSA) is 63.4 Å². The maximum Gasteiger partial charge on any atom is 0.151 e. The predicted molar refractivity (Wildman–Crippen MR) is 62.6 cm³/mol. The zero-order valence-electron chi connectivity index (χ0n) is 9.32. The van der Waals surface area contributed by atoms with Crippen molar-refractivity contribution < 1.29 is 8.42 Å². The van der Waals surface area contributed by atoms with Crippen LogP contribution >= 0.6 is 0 Å². The number of piperidine rings is 1. The summed E-state index contributed by atoms with van der Waals surface area (Å²) in [4.78, 5) is 2.25. The summed E-state index contributed by atoms with van der Waals surface area (Å²) in [5, 5.41) is 0. The Morgan fingerprint density at radius 3 is 2.33 bits per heavy atom. The molecule has 1 fully saturated rings. The molecule has 0 aromatic rings. The van der Waals surface area contributed by atoms with E-state index in [-0.39, 0.29) is 5.75 Å². The molecular formula is C10H22N2O2S. The number of hydrogen-bond acceptors (Lipinski definition) is 4. The van der Waals surface area contributed by atoms with E-state index in [4.69, 9.17) is 5.73 Å². The van der Waals surface area contributed by atoms with E-state index in [1.54, 1.807) is 0 Å². The van der Waals surface area contributed by atoms with E-state index < -0.39 is 9.84 Å². The van der Waals surface area contributed by atoms with Gasteiger partial charge in [-0.25, -0.2) is 8.42 Å². The fourth-order valence-electron chi connectivity index (χ4n) is 1.86. The SMILES string of the molecule is NCCCS(=O)(=O)CCN1CCCCC1. The number of nitrogens with zero attached hydrogens (tertiary/aromatic N) is 1. The monoisotopic (exact) mass is 234 g/mol. The molecule has 2 N–H and O–H groups in total. The van der Waals surface area contributed by atoms with Gasteiger partial charge in [-0.15, -0.1) is 0 Å². The third-order valence-corrected chi connectivity index (χ3v) is 4.54. The maximum atomic E-state index is 11.5. The van der Waals surface area contributed by atoms with E-state index in [9.17, 15) is 8.42 Å². The van der Waals surface area contributed by atoms with Crippen LogP contribution < -0.4 is 5.73 Å². The first-order chi connectivity index (χ1) is 7.14. The Kier molecular flexibility index (Phi) is 5.56. The Hall–Kier alpha value is -0.130. The van der Waals surface area contributed by atoms with E-state index in [1.807, 2.05) is 0 Å². The van der Waals surface area contributed by atoms with Crippen LogP contribution in [0.2, 0.25) is 0 Å². The van der Waals surface area contributed by atoms with Crippen molar-refractivity contribution in [3.63, 3.8) is 0 Å². The lowest BCUT2D eigenvalue weighted by Gasteiger charge is -2.26. The number of rotatable bonds is 6. The Bertz CT molecular complexity index is 259. The number of likely N-dealkylation sites (tertiary alicyclic amines) is 1. The van der Waals surface area contributed by atoms with Gasteiger partial charge >= 0.3 is 0 Å². The van der Waals surface area contributed by atoms with Gasteiger partial charge in [-0.3, -0.25) is 0 Å². The fourth-order valence-corrected chi connectivity index (χ4v) is 3.20. The van der Waals surface area contributed by atoms with Crippen molar-refractivity contribution in [2.24, 2.45) is 5.73 Å². The van der Waals surface area contributed by atoms with Gasteiger partial charge in [0.15, 0.2) is 9.84 Å². The van der Waals surface area contributed by atoms with Gasteiger partial charge in [0.2, 0.25) is 0 Å². The molecule has 0 aromatic carbocycles. The molecule has 1 aliphatic rings. The molecular weight excluding hydrogens is 212 g/mol. The van der Waals surface area contributed by atoms with Crippen molar-refractivity contribution in [1.29, 1.82) is 0 Å². The molecule has 0 saturated carbocycles. The van der Waals surface area contributed by atoms with Crippen LogP contribution in [0.1, 0.15) is 25.7 Å². The summed E-state index contributed by atoms with van der Waals surface area (Å²) >= 11 is 0. The number of nitrogens with two attached hydrogens (primary N) is 1. The van der Waals surface area contributed by atoms with Gasteiger partial charge in [-0.2, -0.15) is 0 Å². The Morgan fingerprint density at radius 2 is 1.73 bits per heavy atom. The second kappa shape index (κ2) is 6.45. The molecule has 4 nitrogen and oxygen atoms in total. The lowest BCUT2D eigenvalue weighted by molar-refractivity contribution is 0.241. The van der Waals surface area contributed by atoms with Crippen molar-refractivity contribution in [2.75, 3.05) is 37.7 Å². The van der Waals surface area contributed by atoms with Crippen LogP contribution in [0.5, 0.6) is 0 Å². The van der Waals surface area contributed by atoms with Crippen LogP contribution in [0.15, 0.2) is 0 Å². The standard InChI is InChI=1S/C10H22N2O2S/c11-5-4-9-15(13,14)10-8-12-6-2-1-3-7-12/h1-11H2. The first kappa shape index (κ1) is 12.9. The number of sulfone groups is 1. The lowest BCUT2D eigenvalue weighted by atomic mass is 10.1. The molecule has 1 rings (SSSR count). The highest BCUT2D eigenvalue weighted by Gasteiger charge is 2.15. The minimum absolute atomic E-state index is 0.247. The Balaban J connectivity index is 2.22. The summed E-state index contributed by atoms with van der Waals surface area (Å²) in [6, 6.07) is 0. The van der Waals surface area contributed by atoms with Crippen molar-refractivity contribution >= 4 is 9.84 Å². The van der Waals surface area contributed by atoms with E-state index in [1.165, 1.54) is 19.3 Å². The van der Waals surface area contributed by atoms with E-state index in [0.29, 0.717) is 25.3 Å². The summed E-state index contributed by atoms with van der Waals surface area (Å²) in [6.07, 6.45) is 4.30. The molecule has 1 aliphatic heterocycles. The van der Waals surface area contributed by atoms with Crippen molar-refractivity contribution in [3.8, 4) is 0 Å². The van der Waals surface area contributed by atoms with Crippen LogP contribution in [-0.2, 0) is 9.84 Å². The lowest BCUT2D eigenvalue weighted by Crippen LogP contribution is -2.34. The van der Waals surface area contributed by atoms with Crippen LogP contribution in [0, 0.1) is 0 Å². The van der Waals surface area contributed by atoms with Crippen molar-refractivity contribution in [2.45, 2.75) is 25.7 Å². The molecule has 0 radical (unpaired) electrons. The van der Waals surface area contributed by atoms with E-state index >= 15 is 0 Å². The molecule has 0 amide bonds. The van der Waals surface area contributed by atoms with Gasteiger partial charge in [-0.1, -0.05) is 6.42 Å². The van der Waals surface area contributed by atoms with Crippen LogP contribution in [0.25, 0.3) is 0 Å². The molecule has 0 aliphatic carbocycles. The highest BCUT2D eigenvalue weighted by molar-refractivity contribution is 7.91. The maximum absolute atomic E-state index is 11.5. The normalized spacial score (nSPS) is 19.3. The van der Waals surface area contributed by atoms with Crippen molar-refractivity contribution in [1.82, 2.24) is 4.90 Å². The first-order valence-electron chi connectivity index (χ1n) is 5.77. The molecule has 1 saturated heterocycles. The van der Waals surface area contributed by atoms with Gasteiger partial charge in [0.1, 0.15) is 0 Å². The van der Waals surface area contributed by atoms with Gasteiger partial charge in [0.05, 0.1) is 11.5 Å². The molecule has 90 valence electrons. The summed E-state index contributed by atoms with van der Waals surface area (Å²) in [5.74, 6) is 0.546. The second-order valence-electron chi connectivity index (χ2n) is 4.20. The predicted octanol–water partition coefficient (Wildman–Crippen LogP) is 0.236. The molecule has 0 unspecified atom stereocenters. The third kappa shape index (κ3) is 5.49. The average Bonchev–Trinajstić information content (AvgIpc) is 2.25. The Morgan fingerprint density at radius 1 is 1.07 bits per heavy atom. The van der Waals surface area contributed by atoms with E-state index in [2.05, 4.69) is 4.90 Å². The zero-order chi connectivity index (χ0) is 11.1. The molecule has 1 heterocycles. The summed E-state index contributed by atoms with van der Waals surface area (Å²) in [6.45, 7) is 3.29. The van der Waals surface area contributed by atoms with Gasteiger partial charge < -0.3 is 10.6 Å². The molecule has 0 atom stereocenters. The van der Waals surface area contributed by atoms with Gasteiger partial charge in [0, 0.05) is 6.54 Å². The second-order valence-corrected chi connectivity index (χ2v) is 6.50. The molecule has 5 heteroatoms. The van der Waals surface area contributed by atoms with Gasteiger partial charge in [-0.05, 0) is 38.9 Å². The smallest absolute Gasteiger partial charge is 0.151 e. The summed E-state index contributed by atoms with van der Waals surface area (Å²) in [5.41, 5.74) is 5.30. The average molecular weight is 234 g/mol. The van der Waals surface area contributed by atoms with Crippen LogP contribution in [0.4, 0.5) is 0 Å². The zero-order valence-corrected chi connectivity index (χ0v) is 10.1. The third-order valence-electron chi connectivity index (χ3n) is 2.83. The van der Waals surface area contributed by atoms with Crippen LogP contribution in [0.3, 0.4) is 0 Å². The molecule has 0 spiro atoms. The quantitative estimate of drug-likeness (QED) is 0.715. The first-order valence-corrected chi connectivity index (χ1v) is 7.59. The minimum atomic E-state index is -2.86. The van der Waals surface area contributed by atoms with Crippen LogP contribution in [-0.4, -0.2) is 51.0 Å². The van der Waals surface area contributed by atoms with Gasteiger partial charge in [0.25, 0.3) is 0 Å². The fraction of sp³-hybridized carbons (Fsp3) is 1.00. The minimum Gasteiger partial charge on any atom is -0.330 e. The highest BCUT2D eigenvalue weighted by Crippen LogP contribution is 2.08. The Labute approximate surface area is 92.7 Å². The van der Waals surface area contributed by atoms with Crippen molar-refractivity contribution in [3.05, 3.63) is 0 Å². The summed E-state index contributed by atoms with van der Waals surface area (Å²) < 4.78 is 23.1. The molecule has 0 bridgehead atoms. The number of hydrogen-bond donors (Lipinski definition) is 1. The highest BCUT2D eigenvalue weighted by atomic mass is 32.2.